The van der Waals surface area contributed by atoms with E-state index in [4.69, 9.17) is 8.61 Å². The molecule has 0 aliphatic heterocycles. The summed E-state index contributed by atoms with van der Waals surface area (Å²) in [6.07, 6.45) is 2.80. The summed E-state index contributed by atoms with van der Waals surface area (Å²) < 4.78 is 32.0. The van der Waals surface area contributed by atoms with Crippen LogP contribution >= 0.6 is 0 Å². The highest BCUT2D eigenvalue weighted by atomic mass is 32.2. The Balaban J connectivity index is 4.16. The lowest BCUT2D eigenvalue weighted by molar-refractivity contribution is 0.0338. The summed E-state index contributed by atoms with van der Waals surface area (Å²) in [6, 6.07) is 0. The summed E-state index contributed by atoms with van der Waals surface area (Å²) in [7, 11) is -2.61. The smallest absolute Gasteiger partial charge is 0.264 e. The Bertz CT molecular complexity index is 311. The molecular formula is C11H26O4SSi. The van der Waals surface area contributed by atoms with Gasteiger partial charge in [0, 0.05) is 6.10 Å². The molecule has 1 unspecified atom stereocenters. The molecule has 0 rings (SSSR count). The minimum absolute atomic E-state index is 0.104. The standard InChI is InChI=1S/C11H26O4SSi/c1-9(2)11(3,4)10(15-17)7-6-8-14-16(5,12)13/h9-10H,6-8H2,1-5,17H3. The molecule has 0 aliphatic rings. The SMILES string of the molecule is CC(C)C(C)(C)C(CCCOS(C)(=O)=O)O[SiH3]. The van der Waals surface area contributed by atoms with Crippen LogP contribution in [-0.2, 0) is 18.7 Å². The lowest BCUT2D eigenvalue weighted by atomic mass is 9.75. The van der Waals surface area contributed by atoms with Crippen LogP contribution in [0.15, 0.2) is 0 Å². The van der Waals surface area contributed by atoms with Gasteiger partial charge in [-0.3, -0.25) is 4.18 Å². The van der Waals surface area contributed by atoms with Crippen molar-refractivity contribution in [2.24, 2.45) is 11.3 Å². The Kier molecular flexibility index (Phi) is 6.90. The average molecular weight is 282 g/mol. The van der Waals surface area contributed by atoms with E-state index >= 15 is 0 Å². The van der Waals surface area contributed by atoms with E-state index in [1.165, 1.54) is 0 Å². The molecule has 17 heavy (non-hydrogen) atoms. The maximum absolute atomic E-state index is 10.8. The second-order valence-electron chi connectivity index (χ2n) is 5.37. The molecule has 0 amide bonds. The Hall–Kier alpha value is 0.0869. The van der Waals surface area contributed by atoms with E-state index in [0.29, 0.717) is 22.8 Å². The quantitative estimate of drug-likeness (QED) is 0.380. The molecule has 0 aromatic heterocycles. The molecule has 6 heteroatoms. The van der Waals surface area contributed by atoms with Crippen LogP contribution in [0.1, 0.15) is 40.5 Å². The van der Waals surface area contributed by atoms with Gasteiger partial charge in [0.25, 0.3) is 10.1 Å². The van der Waals surface area contributed by atoms with Gasteiger partial charge in [0.1, 0.15) is 10.5 Å². The monoisotopic (exact) mass is 282 g/mol. The second kappa shape index (κ2) is 6.87. The Morgan fingerprint density at radius 3 is 2.18 bits per heavy atom. The molecule has 0 saturated heterocycles. The van der Waals surface area contributed by atoms with Crippen molar-refractivity contribution in [3.8, 4) is 0 Å². The molecule has 0 bridgehead atoms. The Morgan fingerprint density at radius 2 is 1.82 bits per heavy atom. The van der Waals surface area contributed by atoms with Gasteiger partial charge in [0.2, 0.25) is 0 Å². The van der Waals surface area contributed by atoms with E-state index in [-0.39, 0.29) is 18.1 Å². The van der Waals surface area contributed by atoms with Crippen molar-refractivity contribution in [1.82, 2.24) is 0 Å². The Labute approximate surface area is 109 Å². The summed E-state index contributed by atoms with van der Waals surface area (Å²) in [5, 5.41) is 0. The zero-order valence-electron chi connectivity index (χ0n) is 11.8. The largest absolute Gasteiger partial charge is 0.425 e. The van der Waals surface area contributed by atoms with Crippen LogP contribution in [0.4, 0.5) is 0 Å². The first-order chi connectivity index (χ1) is 7.61. The molecule has 104 valence electrons. The van der Waals surface area contributed by atoms with Crippen LogP contribution in [0.5, 0.6) is 0 Å². The molecule has 0 aromatic carbocycles. The van der Waals surface area contributed by atoms with Crippen molar-refractivity contribution in [2.45, 2.75) is 46.6 Å². The lowest BCUT2D eigenvalue weighted by Crippen LogP contribution is -2.36. The third-order valence-electron chi connectivity index (χ3n) is 3.51. The molecule has 0 aliphatic carbocycles. The van der Waals surface area contributed by atoms with Crippen LogP contribution in [0.3, 0.4) is 0 Å². The highest BCUT2D eigenvalue weighted by Crippen LogP contribution is 2.34. The molecule has 0 N–H and O–H groups in total. The van der Waals surface area contributed by atoms with E-state index in [9.17, 15) is 8.42 Å². The molecule has 0 fully saturated rings. The van der Waals surface area contributed by atoms with Crippen LogP contribution in [0.2, 0.25) is 0 Å². The fourth-order valence-corrected chi connectivity index (χ4v) is 2.91. The first-order valence-electron chi connectivity index (χ1n) is 5.98. The molecule has 1 atom stereocenters. The van der Waals surface area contributed by atoms with E-state index in [1.54, 1.807) is 0 Å². The van der Waals surface area contributed by atoms with Gasteiger partial charge in [0.05, 0.1) is 12.9 Å². The predicted octanol–water partition coefficient (Wildman–Crippen LogP) is 1.09. The third kappa shape index (κ3) is 6.54. The van der Waals surface area contributed by atoms with Gasteiger partial charge in [0.15, 0.2) is 0 Å². The molecule has 4 nitrogen and oxygen atoms in total. The maximum atomic E-state index is 10.8. The van der Waals surface area contributed by atoms with E-state index in [2.05, 4.69) is 27.7 Å². The van der Waals surface area contributed by atoms with Gasteiger partial charge in [-0.2, -0.15) is 8.42 Å². The van der Waals surface area contributed by atoms with Crippen LogP contribution in [-0.4, -0.2) is 37.9 Å². The average Bonchev–Trinajstić information content (AvgIpc) is 2.15. The van der Waals surface area contributed by atoms with Crippen LogP contribution < -0.4 is 0 Å². The van der Waals surface area contributed by atoms with Crippen molar-refractivity contribution in [2.75, 3.05) is 12.9 Å². The Morgan fingerprint density at radius 1 is 1.29 bits per heavy atom. The van der Waals surface area contributed by atoms with Gasteiger partial charge in [-0.1, -0.05) is 27.7 Å². The first-order valence-corrected chi connectivity index (χ1v) is 8.61. The minimum Gasteiger partial charge on any atom is -0.425 e. The van der Waals surface area contributed by atoms with Gasteiger partial charge in [-0.05, 0) is 24.2 Å². The van der Waals surface area contributed by atoms with Crippen LogP contribution in [0, 0.1) is 11.3 Å². The number of rotatable bonds is 8. The number of hydrogen-bond acceptors (Lipinski definition) is 4. The van der Waals surface area contributed by atoms with Crippen molar-refractivity contribution >= 4 is 20.6 Å². The molecule has 0 radical (unpaired) electrons. The normalized spacial score (nSPS) is 15.4. The van der Waals surface area contributed by atoms with E-state index in [0.717, 1.165) is 12.7 Å². The first kappa shape index (κ1) is 17.1. The minimum atomic E-state index is -3.31. The predicted molar refractivity (Wildman–Crippen MR) is 73.5 cm³/mol. The molecule has 0 saturated carbocycles. The van der Waals surface area contributed by atoms with E-state index < -0.39 is 10.1 Å². The molecule has 0 aromatic rings. The second-order valence-corrected chi connectivity index (χ2v) is 7.48. The summed E-state index contributed by atoms with van der Waals surface area (Å²) in [5.41, 5.74) is 0.104. The summed E-state index contributed by atoms with van der Waals surface area (Å²) >= 11 is 0. The topological polar surface area (TPSA) is 52.6 Å². The van der Waals surface area contributed by atoms with Crippen molar-refractivity contribution < 1.29 is 17.0 Å². The molecule has 0 heterocycles. The highest BCUT2D eigenvalue weighted by molar-refractivity contribution is 7.85. The summed E-state index contributed by atoms with van der Waals surface area (Å²) in [5.74, 6) is 0.525. The van der Waals surface area contributed by atoms with Gasteiger partial charge >= 0.3 is 0 Å². The molecule has 0 spiro atoms. The van der Waals surface area contributed by atoms with E-state index in [1.807, 2.05) is 0 Å². The van der Waals surface area contributed by atoms with Gasteiger partial charge in [-0.25, -0.2) is 0 Å². The zero-order valence-corrected chi connectivity index (χ0v) is 14.6. The van der Waals surface area contributed by atoms with Crippen molar-refractivity contribution in [3.05, 3.63) is 0 Å². The lowest BCUT2D eigenvalue weighted by Gasteiger charge is -2.37. The summed E-state index contributed by atoms with van der Waals surface area (Å²) in [6.45, 7) is 8.99. The van der Waals surface area contributed by atoms with Crippen LogP contribution in [0.25, 0.3) is 0 Å². The third-order valence-corrected chi connectivity index (χ3v) is 4.67. The van der Waals surface area contributed by atoms with Gasteiger partial charge in [-0.15, -0.1) is 0 Å². The summed E-state index contributed by atoms with van der Waals surface area (Å²) in [4.78, 5) is 0. The van der Waals surface area contributed by atoms with Crippen molar-refractivity contribution in [1.29, 1.82) is 0 Å². The fraction of sp³-hybridized carbons (Fsp3) is 1.00. The fourth-order valence-electron chi connectivity index (χ4n) is 1.64. The molecular weight excluding hydrogens is 256 g/mol. The zero-order chi connectivity index (χ0) is 13.7. The maximum Gasteiger partial charge on any atom is 0.264 e. The highest BCUT2D eigenvalue weighted by Gasteiger charge is 2.31. The van der Waals surface area contributed by atoms with Crippen molar-refractivity contribution in [3.63, 3.8) is 0 Å². The number of hydrogen-bond donors (Lipinski definition) is 0. The van der Waals surface area contributed by atoms with Gasteiger partial charge < -0.3 is 4.43 Å².